The van der Waals surface area contributed by atoms with Crippen molar-refractivity contribution in [1.29, 1.82) is 0 Å². The van der Waals surface area contributed by atoms with Crippen LogP contribution in [0.1, 0.15) is 29.2 Å². The van der Waals surface area contributed by atoms with Gasteiger partial charge in [0.2, 0.25) is 0 Å². The summed E-state index contributed by atoms with van der Waals surface area (Å²) in [5.74, 6) is 3.19. The molecule has 1 aromatic rings. The van der Waals surface area contributed by atoms with Gasteiger partial charge in [-0.25, -0.2) is 0 Å². The van der Waals surface area contributed by atoms with E-state index >= 15 is 0 Å². The van der Waals surface area contributed by atoms with E-state index in [0.717, 1.165) is 0 Å². The lowest BCUT2D eigenvalue weighted by atomic mass is 9.91. The highest BCUT2D eigenvalue weighted by molar-refractivity contribution is 7.99. The van der Waals surface area contributed by atoms with Crippen molar-refractivity contribution in [3.05, 3.63) is 34.9 Å². The molecule has 15 heavy (non-hydrogen) atoms. The maximum atomic E-state index is 6.31. The fourth-order valence-corrected chi connectivity index (χ4v) is 3.39. The first-order valence-corrected chi connectivity index (χ1v) is 6.74. The van der Waals surface area contributed by atoms with Crippen molar-refractivity contribution >= 4 is 11.8 Å². The maximum Gasteiger partial charge on any atom is 0.0331 e. The highest BCUT2D eigenvalue weighted by Crippen LogP contribution is 2.33. The Kier molecular flexibility index (Phi) is 3.37. The Morgan fingerprint density at radius 3 is 2.73 bits per heavy atom. The average molecular weight is 221 g/mol. The molecule has 0 aromatic heterocycles. The Labute approximate surface area is 96.4 Å². The number of hydrogen-bond acceptors (Lipinski definition) is 2. The molecule has 2 N–H and O–H groups in total. The van der Waals surface area contributed by atoms with E-state index in [2.05, 4.69) is 32.0 Å². The lowest BCUT2D eigenvalue weighted by Gasteiger charge is -2.19. The molecule has 2 rings (SSSR count). The highest BCUT2D eigenvalue weighted by atomic mass is 32.2. The molecular formula is C13H19NS. The number of thioether (sulfide) groups is 1. The molecule has 1 saturated heterocycles. The third-order valence-electron chi connectivity index (χ3n) is 3.39. The largest absolute Gasteiger partial charge is 0.324 e. The van der Waals surface area contributed by atoms with E-state index in [4.69, 9.17) is 5.73 Å². The topological polar surface area (TPSA) is 26.0 Å². The highest BCUT2D eigenvalue weighted by Gasteiger charge is 2.23. The van der Waals surface area contributed by atoms with Gasteiger partial charge in [0.1, 0.15) is 0 Å². The number of nitrogens with two attached hydrogens (primary N) is 1. The predicted molar refractivity (Wildman–Crippen MR) is 68.3 cm³/mol. The van der Waals surface area contributed by atoms with Crippen molar-refractivity contribution in [2.45, 2.75) is 26.3 Å². The van der Waals surface area contributed by atoms with Crippen LogP contribution in [0.3, 0.4) is 0 Å². The summed E-state index contributed by atoms with van der Waals surface area (Å²) in [6.45, 7) is 4.31. The van der Waals surface area contributed by atoms with Gasteiger partial charge in [0.25, 0.3) is 0 Å². The fourth-order valence-electron chi connectivity index (χ4n) is 2.08. The van der Waals surface area contributed by atoms with Crippen molar-refractivity contribution in [3.63, 3.8) is 0 Å². The third-order valence-corrected chi connectivity index (χ3v) is 4.58. The molecule has 1 aliphatic heterocycles. The standard InChI is InChI=1S/C13H19NS/c1-9-3-4-11(7-10(9)2)13(14)12-5-6-15-8-12/h3-4,7,12-13H,5-6,8,14H2,1-2H3. The first-order chi connectivity index (χ1) is 7.18. The molecule has 1 fully saturated rings. The Balaban J connectivity index is 2.17. The smallest absolute Gasteiger partial charge is 0.0331 e. The van der Waals surface area contributed by atoms with Gasteiger partial charge in [-0.15, -0.1) is 0 Å². The molecule has 1 heterocycles. The van der Waals surface area contributed by atoms with Crippen LogP contribution in [0.2, 0.25) is 0 Å². The third kappa shape index (κ3) is 2.37. The van der Waals surface area contributed by atoms with E-state index in [1.807, 2.05) is 11.8 Å². The number of aryl methyl sites for hydroxylation is 2. The molecule has 0 aliphatic carbocycles. The van der Waals surface area contributed by atoms with E-state index in [-0.39, 0.29) is 6.04 Å². The number of hydrogen-bond donors (Lipinski definition) is 1. The van der Waals surface area contributed by atoms with Crippen molar-refractivity contribution in [3.8, 4) is 0 Å². The Bertz CT molecular complexity index is 342. The van der Waals surface area contributed by atoms with E-state index in [1.54, 1.807) is 0 Å². The van der Waals surface area contributed by atoms with E-state index in [9.17, 15) is 0 Å². The molecule has 2 atom stereocenters. The van der Waals surface area contributed by atoms with Crippen LogP contribution in [0.25, 0.3) is 0 Å². The van der Waals surface area contributed by atoms with Crippen LogP contribution in [-0.2, 0) is 0 Å². The lowest BCUT2D eigenvalue weighted by Crippen LogP contribution is -2.21. The van der Waals surface area contributed by atoms with Crippen LogP contribution in [0.15, 0.2) is 18.2 Å². The van der Waals surface area contributed by atoms with E-state index in [1.165, 1.54) is 34.6 Å². The molecular weight excluding hydrogens is 202 g/mol. The SMILES string of the molecule is Cc1ccc(C(N)C2CCSC2)cc1C. The summed E-state index contributed by atoms with van der Waals surface area (Å²) >= 11 is 2.03. The zero-order chi connectivity index (χ0) is 10.8. The van der Waals surface area contributed by atoms with Gasteiger partial charge in [-0.05, 0) is 54.4 Å². The van der Waals surface area contributed by atoms with Crippen LogP contribution in [0, 0.1) is 19.8 Å². The minimum absolute atomic E-state index is 0.235. The predicted octanol–water partition coefficient (Wildman–Crippen LogP) is 3.06. The van der Waals surface area contributed by atoms with Crippen LogP contribution in [-0.4, -0.2) is 11.5 Å². The Morgan fingerprint density at radius 1 is 1.33 bits per heavy atom. The summed E-state index contributed by atoms with van der Waals surface area (Å²) in [7, 11) is 0. The van der Waals surface area contributed by atoms with Gasteiger partial charge in [-0.2, -0.15) is 11.8 Å². The summed E-state index contributed by atoms with van der Waals surface area (Å²) in [5.41, 5.74) is 10.3. The van der Waals surface area contributed by atoms with E-state index < -0.39 is 0 Å². The molecule has 0 saturated carbocycles. The lowest BCUT2D eigenvalue weighted by molar-refractivity contribution is 0.482. The molecule has 0 radical (unpaired) electrons. The second-order valence-electron chi connectivity index (χ2n) is 4.49. The van der Waals surface area contributed by atoms with Gasteiger partial charge in [-0.3, -0.25) is 0 Å². The molecule has 1 aromatic carbocycles. The molecule has 2 unspecified atom stereocenters. The summed E-state index contributed by atoms with van der Waals surface area (Å²) in [6, 6.07) is 6.87. The van der Waals surface area contributed by atoms with Crippen LogP contribution >= 0.6 is 11.8 Å². The van der Waals surface area contributed by atoms with Gasteiger partial charge in [0.05, 0.1) is 0 Å². The van der Waals surface area contributed by atoms with Crippen LogP contribution < -0.4 is 5.73 Å². The number of rotatable bonds is 2. The number of benzene rings is 1. The molecule has 2 heteroatoms. The van der Waals surface area contributed by atoms with E-state index in [0.29, 0.717) is 5.92 Å². The summed E-state index contributed by atoms with van der Waals surface area (Å²) < 4.78 is 0. The molecule has 82 valence electrons. The van der Waals surface area contributed by atoms with Gasteiger partial charge >= 0.3 is 0 Å². The monoisotopic (exact) mass is 221 g/mol. The minimum Gasteiger partial charge on any atom is -0.324 e. The fraction of sp³-hybridized carbons (Fsp3) is 0.538. The summed E-state index contributed by atoms with van der Waals surface area (Å²) in [5, 5.41) is 0. The molecule has 1 aliphatic rings. The first-order valence-electron chi connectivity index (χ1n) is 5.59. The van der Waals surface area contributed by atoms with Crippen molar-refractivity contribution < 1.29 is 0 Å². The normalized spacial score (nSPS) is 23.0. The molecule has 1 nitrogen and oxygen atoms in total. The first kappa shape index (κ1) is 11.0. The second-order valence-corrected chi connectivity index (χ2v) is 5.64. The molecule has 0 spiro atoms. The minimum atomic E-state index is 0.235. The summed E-state index contributed by atoms with van der Waals surface area (Å²) in [6.07, 6.45) is 1.28. The maximum absolute atomic E-state index is 6.31. The van der Waals surface area contributed by atoms with Crippen molar-refractivity contribution in [2.75, 3.05) is 11.5 Å². The van der Waals surface area contributed by atoms with Gasteiger partial charge in [0.15, 0.2) is 0 Å². The van der Waals surface area contributed by atoms with Gasteiger partial charge in [-0.1, -0.05) is 18.2 Å². The zero-order valence-electron chi connectivity index (χ0n) is 9.49. The summed E-state index contributed by atoms with van der Waals surface area (Å²) in [4.78, 5) is 0. The van der Waals surface area contributed by atoms with Crippen LogP contribution in [0.5, 0.6) is 0 Å². The van der Waals surface area contributed by atoms with Crippen LogP contribution in [0.4, 0.5) is 0 Å². The Morgan fingerprint density at radius 2 is 2.13 bits per heavy atom. The van der Waals surface area contributed by atoms with Gasteiger partial charge in [0, 0.05) is 6.04 Å². The Hall–Kier alpha value is -0.470. The second kappa shape index (κ2) is 4.58. The molecule has 0 amide bonds. The quantitative estimate of drug-likeness (QED) is 0.830. The van der Waals surface area contributed by atoms with Crippen molar-refractivity contribution in [2.24, 2.45) is 11.7 Å². The zero-order valence-corrected chi connectivity index (χ0v) is 10.3. The van der Waals surface area contributed by atoms with Crippen molar-refractivity contribution in [1.82, 2.24) is 0 Å². The van der Waals surface area contributed by atoms with Gasteiger partial charge < -0.3 is 5.73 Å². The average Bonchev–Trinajstić information content (AvgIpc) is 2.74. The molecule has 0 bridgehead atoms.